The van der Waals surface area contributed by atoms with Gasteiger partial charge in [-0.15, -0.1) is 12.6 Å². The van der Waals surface area contributed by atoms with E-state index >= 15 is 0 Å². The number of thiol groups is 1. The number of anilines is 1. The Morgan fingerprint density at radius 3 is 3.18 bits per heavy atom. The molecule has 1 aliphatic rings. The Hall–Kier alpha value is -0.890. The van der Waals surface area contributed by atoms with Gasteiger partial charge >= 0.3 is 0 Å². The van der Waals surface area contributed by atoms with Crippen LogP contribution in [-0.2, 0) is 0 Å². The number of hydrogen-bond acceptors (Lipinski definition) is 2. The van der Waals surface area contributed by atoms with E-state index in [9.17, 15) is 0 Å². The van der Waals surface area contributed by atoms with Crippen LogP contribution >= 0.6 is 12.6 Å². The third-order valence-electron chi connectivity index (χ3n) is 1.74. The van der Waals surface area contributed by atoms with Gasteiger partial charge in [0, 0.05) is 17.1 Å². The number of benzene rings is 1. The number of rotatable bonds is 0. The van der Waals surface area contributed by atoms with Gasteiger partial charge in [-0.2, -0.15) is 0 Å². The Labute approximate surface area is 71.5 Å². The summed E-state index contributed by atoms with van der Waals surface area (Å²) in [6.07, 6.45) is 4.22. The van der Waals surface area contributed by atoms with Gasteiger partial charge in [0.25, 0.3) is 0 Å². The standard InChI is InChI=1S/C9H9NS/c11-8-3-4-9-7(6-8)2-1-5-10-9/h1-4,6,10-11H,5H2. The Balaban J connectivity index is 2.54. The fraction of sp³-hybridized carbons (Fsp3) is 0.111. The van der Waals surface area contributed by atoms with Gasteiger partial charge in [-0.25, -0.2) is 0 Å². The van der Waals surface area contributed by atoms with Crippen molar-refractivity contribution >= 4 is 24.4 Å². The number of fused-ring (bicyclic) bond motifs is 1. The second-order valence-electron chi connectivity index (χ2n) is 2.55. The zero-order chi connectivity index (χ0) is 7.68. The van der Waals surface area contributed by atoms with Gasteiger partial charge in [0.1, 0.15) is 0 Å². The predicted octanol–water partition coefficient (Wildman–Crippen LogP) is 2.41. The molecule has 0 unspecified atom stereocenters. The van der Waals surface area contributed by atoms with Crippen LogP contribution in [0.2, 0.25) is 0 Å². The Morgan fingerprint density at radius 1 is 1.36 bits per heavy atom. The van der Waals surface area contributed by atoms with Crippen molar-refractivity contribution in [3.05, 3.63) is 29.8 Å². The quantitative estimate of drug-likeness (QED) is 0.560. The second kappa shape index (κ2) is 2.62. The summed E-state index contributed by atoms with van der Waals surface area (Å²) in [7, 11) is 0. The zero-order valence-electron chi connectivity index (χ0n) is 6.04. The van der Waals surface area contributed by atoms with E-state index in [0.29, 0.717) is 0 Å². The molecule has 1 N–H and O–H groups in total. The van der Waals surface area contributed by atoms with E-state index in [1.54, 1.807) is 0 Å². The lowest BCUT2D eigenvalue weighted by Crippen LogP contribution is -2.03. The Morgan fingerprint density at radius 2 is 2.27 bits per heavy atom. The first kappa shape index (κ1) is 6.80. The highest BCUT2D eigenvalue weighted by atomic mass is 32.1. The van der Waals surface area contributed by atoms with Gasteiger partial charge in [-0.3, -0.25) is 0 Å². The zero-order valence-corrected chi connectivity index (χ0v) is 6.94. The van der Waals surface area contributed by atoms with Gasteiger partial charge in [0.15, 0.2) is 0 Å². The summed E-state index contributed by atoms with van der Waals surface area (Å²) in [6.45, 7) is 0.929. The maximum Gasteiger partial charge on any atom is 0.0416 e. The molecule has 2 rings (SSSR count). The van der Waals surface area contributed by atoms with Crippen LogP contribution < -0.4 is 5.32 Å². The number of nitrogens with one attached hydrogen (secondary N) is 1. The van der Waals surface area contributed by atoms with Gasteiger partial charge in [-0.1, -0.05) is 12.2 Å². The summed E-state index contributed by atoms with van der Waals surface area (Å²) in [4.78, 5) is 1.01. The van der Waals surface area contributed by atoms with E-state index in [1.165, 1.54) is 11.3 Å². The molecule has 0 amide bonds. The van der Waals surface area contributed by atoms with Crippen molar-refractivity contribution in [3.63, 3.8) is 0 Å². The molecule has 2 heteroatoms. The van der Waals surface area contributed by atoms with Crippen LogP contribution in [-0.4, -0.2) is 6.54 Å². The summed E-state index contributed by atoms with van der Waals surface area (Å²) >= 11 is 4.26. The van der Waals surface area contributed by atoms with Gasteiger partial charge in [0.05, 0.1) is 0 Å². The topological polar surface area (TPSA) is 12.0 Å². The molecule has 0 saturated heterocycles. The highest BCUT2D eigenvalue weighted by molar-refractivity contribution is 7.80. The van der Waals surface area contributed by atoms with E-state index in [2.05, 4.69) is 42.2 Å². The normalized spacial score (nSPS) is 13.9. The molecule has 0 saturated carbocycles. The second-order valence-corrected chi connectivity index (χ2v) is 3.07. The maximum atomic E-state index is 4.26. The lowest BCUT2D eigenvalue weighted by molar-refractivity contribution is 1.29. The fourth-order valence-corrected chi connectivity index (χ4v) is 1.42. The van der Waals surface area contributed by atoms with E-state index in [0.717, 1.165) is 11.4 Å². The van der Waals surface area contributed by atoms with Crippen LogP contribution in [0.25, 0.3) is 6.08 Å². The first-order valence-electron chi connectivity index (χ1n) is 3.60. The SMILES string of the molecule is Sc1ccc2c(c1)C=CCN2. The molecule has 0 atom stereocenters. The van der Waals surface area contributed by atoms with Crippen LogP contribution in [0.15, 0.2) is 29.2 Å². The predicted molar refractivity (Wildman–Crippen MR) is 51.2 cm³/mol. The highest BCUT2D eigenvalue weighted by Gasteiger charge is 2.01. The molecular formula is C9H9NS. The molecule has 56 valence electrons. The van der Waals surface area contributed by atoms with Crippen LogP contribution in [0.5, 0.6) is 0 Å². The van der Waals surface area contributed by atoms with E-state index in [-0.39, 0.29) is 0 Å². The maximum absolute atomic E-state index is 4.26. The molecule has 0 bridgehead atoms. The Bertz CT molecular complexity index is 304. The minimum atomic E-state index is 0.929. The summed E-state index contributed by atoms with van der Waals surface area (Å²) < 4.78 is 0. The molecule has 1 nitrogen and oxygen atoms in total. The molecule has 0 radical (unpaired) electrons. The average Bonchev–Trinajstić information content (AvgIpc) is 2.04. The van der Waals surface area contributed by atoms with Crippen molar-refractivity contribution in [3.8, 4) is 0 Å². The summed E-state index contributed by atoms with van der Waals surface area (Å²) in [5, 5.41) is 3.27. The smallest absolute Gasteiger partial charge is 0.0416 e. The molecule has 0 aromatic heterocycles. The largest absolute Gasteiger partial charge is 0.381 e. The summed E-state index contributed by atoms with van der Waals surface area (Å²) in [5.41, 5.74) is 2.43. The van der Waals surface area contributed by atoms with Crippen molar-refractivity contribution in [1.82, 2.24) is 0 Å². The highest BCUT2D eigenvalue weighted by Crippen LogP contribution is 2.22. The van der Waals surface area contributed by atoms with Gasteiger partial charge in [0.2, 0.25) is 0 Å². The van der Waals surface area contributed by atoms with E-state index < -0.39 is 0 Å². The first-order valence-corrected chi connectivity index (χ1v) is 4.04. The Kier molecular flexibility index (Phi) is 1.62. The third kappa shape index (κ3) is 1.26. The van der Waals surface area contributed by atoms with Gasteiger partial charge in [-0.05, 0) is 23.8 Å². The first-order chi connectivity index (χ1) is 5.36. The average molecular weight is 163 g/mol. The monoisotopic (exact) mass is 163 g/mol. The van der Waals surface area contributed by atoms with E-state index in [1.807, 2.05) is 6.07 Å². The molecule has 0 fully saturated rings. The summed E-state index contributed by atoms with van der Waals surface area (Å²) in [5.74, 6) is 0. The lowest BCUT2D eigenvalue weighted by atomic mass is 10.1. The van der Waals surface area contributed by atoms with Crippen molar-refractivity contribution in [2.24, 2.45) is 0 Å². The molecule has 1 aromatic rings. The lowest BCUT2D eigenvalue weighted by Gasteiger charge is -2.12. The minimum absolute atomic E-state index is 0.929. The van der Waals surface area contributed by atoms with Gasteiger partial charge < -0.3 is 5.32 Å². The molecule has 1 heterocycles. The van der Waals surface area contributed by atoms with Crippen LogP contribution in [0.1, 0.15) is 5.56 Å². The van der Waals surface area contributed by atoms with Crippen molar-refractivity contribution in [2.45, 2.75) is 4.90 Å². The fourth-order valence-electron chi connectivity index (χ4n) is 1.20. The molecule has 0 spiro atoms. The third-order valence-corrected chi connectivity index (χ3v) is 2.02. The molecular weight excluding hydrogens is 154 g/mol. The summed E-state index contributed by atoms with van der Waals surface area (Å²) in [6, 6.07) is 6.11. The van der Waals surface area contributed by atoms with Crippen molar-refractivity contribution in [2.75, 3.05) is 11.9 Å². The van der Waals surface area contributed by atoms with Crippen molar-refractivity contribution in [1.29, 1.82) is 0 Å². The van der Waals surface area contributed by atoms with Crippen molar-refractivity contribution < 1.29 is 0 Å². The van der Waals surface area contributed by atoms with Crippen LogP contribution in [0.3, 0.4) is 0 Å². The van der Waals surface area contributed by atoms with E-state index in [4.69, 9.17) is 0 Å². The molecule has 11 heavy (non-hydrogen) atoms. The molecule has 1 aliphatic heterocycles. The van der Waals surface area contributed by atoms with Crippen LogP contribution in [0, 0.1) is 0 Å². The number of hydrogen-bond donors (Lipinski definition) is 2. The van der Waals surface area contributed by atoms with Crippen LogP contribution in [0.4, 0.5) is 5.69 Å². The molecule has 1 aromatic carbocycles. The minimum Gasteiger partial charge on any atom is -0.381 e. The molecule has 0 aliphatic carbocycles.